The van der Waals surface area contributed by atoms with E-state index in [0.717, 1.165) is 57.5 Å². The number of nitrogens with zero attached hydrogens (tertiary/aromatic N) is 6. The highest BCUT2D eigenvalue weighted by atomic mass is 35.5. The minimum Gasteiger partial charge on any atom is -0.469 e. The van der Waals surface area contributed by atoms with E-state index in [1.165, 1.54) is 7.11 Å². The van der Waals surface area contributed by atoms with Gasteiger partial charge in [0.1, 0.15) is 10.8 Å². The second kappa shape index (κ2) is 13.9. The van der Waals surface area contributed by atoms with Crippen molar-refractivity contribution in [3.8, 4) is 11.6 Å². The van der Waals surface area contributed by atoms with Gasteiger partial charge >= 0.3 is 12.1 Å². The van der Waals surface area contributed by atoms with Gasteiger partial charge in [-0.3, -0.25) is 9.69 Å². The zero-order valence-corrected chi connectivity index (χ0v) is 26.3. The number of amides is 1. The van der Waals surface area contributed by atoms with Crippen molar-refractivity contribution in [1.29, 1.82) is 0 Å². The summed E-state index contributed by atoms with van der Waals surface area (Å²) < 4.78 is 16.3. The Labute approximate surface area is 253 Å². The first-order valence-electron chi connectivity index (χ1n) is 14.6. The molecule has 0 radical (unpaired) electrons. The van der Waals surface area contributed by atoms with Crippen molar-refractivity contribution in [3.63, 3.8) is 0 Å². The number of methoxy groups -OCH3 is 1. The molecular formula is C30H43ClN6O5. The molecule has 42 heavy (non-hydrogen) atoms. The van der Waals surface area contributed by atoms with Gasteiger partial charge in [-0.05, 0) is 76.6 Å². The number of esters is 1. The summed E-state index contributed by atoms with van der Waals surface area (Å²) in [6.45, 7) is 11.7. The Balaban J connectivity index is 1.30. The second-order valence-electron chi connectivity index (χ2n) is 12.3. The third-order valence-corrected chi connectivity index (χ3v) is 7.98. The number of halogens is 1. The van der Waals surface area contributed by atoms with E-state index in [1.54, 1.807) is 24.3 Å². The van der Waals surface area contributed by atoms with Crippen LogP contribution in [0.1, 0.15) is 58.9 Å². The molecule has 230 valence electrons. The number of aromatic nitrogens is 3. The van der Waals surface area contributed by atoms with Crippen LogP contribution in [0.2, 0.25) is 5.15 Å². The van der Waals surface area contributed by atoms with Crippen molar-refractivity contribution in [3.05, 3.63) is 35.2 Å². The maximum Gasteiger partial charge on any atom is 0.410 e. The van der Waals surface area contributed by atoms with Crippen LogP contribution in [0.25, 0.3) is 0 Å². The van der Waals surface area contributed by atoms with Crippen LogP contribution in [-0.4, -0.2) is 88.8 Å². The van der Waals surface area contributed by atoms with E-state index in [9.17, 15) is 9.59 Å². The van der Waals surface area contributed by atoms with Crippen LogP contribution in [-0.2, 0) is 20.8 Å². The first-order valence-corrected chi connectivity index (χ1v) is 14.9. The molecule has 4 rings (SSSR count). The summed E-state index contributed by atoms with van der Waals surface area (Å²) >= 11 is 6.32. The summed E-state index contributed by atoms with van der Waals surface area (Å²) in [5.74, 6) is 1.90. The van der Waals surface area contributed by atoms with Gasteiger partial charge < -0.3 is 24.0 Å². The van der Waals surface area contributed by atoms with E-state index >= 15 is 0 Å². The average Bonchev–Trinajstić information content (AvgIpc) is 2.93. The summed E-state index contributed by atoms with van der Waals surface area (Å²) in [7, 11) is 3.24. The van der Waals surface area contributed by atoms with E-state index < -0.39 is 5.60 Å². The van der Waals surface area contributed by atoms with Gasteiger partial charge in [-0.2, -0.15) is 0 Å². The van der Waals surface area contributed by atoms with Gasteiger partial charge in [0.25, 0.3) is 0 Å². The molecule has 2 unspecified atom stereocenters. The monoisotopic (exact) mass is 602 g/mol. The molecule has 0 aliphatic carbocycles. The molecule has 2 aromatic rings. The van der Waals surface area contributed by atoms with Crippen LogP contribution in [0, 0.1) is 11.8 Å². The molecule has 2 aliphatic heterocycles. The minimum atomic E-state index is -0.528. The maximum atomic E-state index is 12.6. The summed E-state index contributed by atoms with van der Waals surface area (Å²) in [5, 5.41) is 0.355. The zero-order chi connectivity index (χ0) is 30.4. The number of hydrogen-bond acceptors (Lipinski definition) is 10. The van der Waals surface area contributed by atoms with E-state index in [4.69, 9.17) is 25.8 Å². The van der Waals surface area contributed by atoms with Crippen LogP contribution < -0.4 is 9.64 Å². The maximum absolute atomic E-state index is 12.6. The molecule has 0 bridgehead atoms. The number of pyridine rings is 1. The first-order chi connectivity index (χ1) is 19.9. The zero-order valence-electron chi connectivity index (χ0n) is 25.5. The van der Waals surface area contributed by atoms with Crippen molar-refractivity contribution in [2.45, 2.75) is 71.6 Å². The lowest BCUT2D eigenvalue weighted by molar-refractivity contribution is -0.142. The summed E-state index contributed by atoms with van der Waals surface area (Å²) in [4.78, 5) is 43.7. The molecule has 2 saturated heterocycles. The number of ether oxygens (including phenoxy) is 3. The van der Waals surface area contributed by atoms with Crippen LogP contribution in [0.5, 0.6) is 11.6 Å². The third-order valence-electron chi connectivity index (χ3n) is 7.79. The highest BCUT2D eigenvalue weighted by Crippen LogP contribution is 2.28. The number of piperidine rings is 2. The lowest BCUT2D eigenvalue weighted by Gasteiger charge is -2.41. The van der Waals surface area contributed by atoms with Gasteiger partial charge in [-0.25, -0.2) is 19.7 Å². The lowest BCUT2D eigenvalue weighted by atomic mass is 9.93. The Morgan fingerprint density at radius 3 is 2.40 bits per heavy atom. The Hall–Kier alpha value is -3.18. The number of anilines is 1. The molecule has 0 spiro atoms. The number of likely N-dealkylation sites (tertiary alicyclic amines) is 1. The molecule has 4 heterocycles. The van der Waals surface area contributed by atoms with Crippen molar-refractivity contribution < 1.29 is 23.8 Å². The minimum absolute atomic E-state index is 0.0769. The van der Waals surface area contributed by atoms with Crippen molar-refractivity contribution >= 4 is 29.6 Å². The van der Waals surface area contributed by atoms with Crippen LogP contribution in [0.3, 0.4) is 0 Å². The number of hydrogen-bond donors (Lipinski definition) is 0. The number of carbonyl (C=O) groups excluding carboxylic acids is 2. The fraction of sp³-hybridized carbons (Fsp3) is 0.633. The number of carbonyl (C=O) groups is 2. The van der Waals surface area contributed by atoms with E-state index in [1.807, 2.05) is 32.9 Å². The Bertz CT molecular complexity index is 1220. The molecule has 12 heteroatoms. The molecule has 2 aliphatic rings. The highest BCUT2D eigenvalue weighted by Gasteiger charge is 2.34. The topological polar surface area (TPSA) is 110 Å². The highest BCUT2D eigenvalue weighted by molar-refractivity contribution is 6.29. The van der Waals surface area contributed by atoms with Gasteiger partial charge in [-0.1, -0.05) is 18.5 Å². The van der Waals surface area contributed by atoms with Crippen LogP contribution in [0.15, 0.2) is 24.5 Å². The van der Waals surface area contributed by atoms with E-state index in [0.29, 0.717) is 35.1 Å². The fourth-order valence-electron chi connectivity index (χ4n) is 5.60. The predicted molar refractivity (Wildman–Crippen MR) is 160 cm³/mol. The smallest absolute Gasteiger partial charge is 0.410 e. The molecule has 0 N–H and O–H groups in total. The molecule has 0 aromatic carbocycles. The summed E-state index contributed by atoms with van der Waals surface area (Å²) in [5.41, 5.74) is 0.475. The quantitative estimate of drug-likeness (QED) is 0.296. The van der Waals surface area contributed by atoms with Gasteiger partial charge in [0, 0.05) is 45.2 Å². The summed E-state index contributed by atoms with van der Waals surface area (Å²) in [6.07, 6.45) is 6.16. The van der Waals surface area contributed by atoms with Gasteiger partial charge in [0.15, 0.2) is 5.75 Å². The summed E-state index contributed by atoms with van der Waals surface area (Å²) in [6, 6.07) is 3.81. The van der Waals surface area contributed by atoms with Crippen molar-refractivity contribution in [2.24, 2.45) is 11.8 Å². The predicted octanol–water partition coefficient (Wildman–Crippen LogP) is 5.17. The fourth-order valence-corrected chi connectivity index (χ4v) is 5.82. The van der Waals surface area contributed by atoms with Crippen molar-refractivity contribution in [1.82, 2.24) is 24.8 Å². The standard InChI is InChI=1S/C30H43ClN6O5/c1-20-18-37(12-9-24(20)35(5)29(39)42-30(2,3)4)28-32-16-23(17-33-28)41-26-14-22(13-25(31)34-26)19-36-10-7-21(8-11-36)15-27(38)40-6/h13-14,16-17,20-21,24H,7-12,15,18-19H2,1-6H3. The van der Waals surface area contributed by atoms with Gasteiger partial charge in [0.05, 0.1) is 19.5 Å². The number of rotatable bonds is 8. The Morgan fingerprint density at radius 2 is 1.79 bits per heavy atom. The van der Waals surface area contributed by atoms with Gasteiger partial charge in [-0.15, -0.1) is 0 Å². The molecule has 11 nitrogen and oxygen atoms in total. The van der Waals surface area contributed by atoms with E-state index in [-0.39, 0.29) is 24.0 Å². The molecule has 2 fully saturated rings. The van der Waals surface area contributed by atoms with Crippen LogP contribution in [0.4, 0.5) is 10.7 Å². The lowest BCUT2D eigenvalue weighted by Crippen LogP contribution is -2.52. The van der Waals surface area contributed by atoms with E-state index in [2.05, 4.69) is 31.7 Å². The second-order valence-corrected chi connectivity index (χ2v) is 12.7. The molecule has 0 saturated carbocycles. The Kier molecular flexibility index (Phi) is 10.5. The molecule has 2 atom stereocenters. The van der Waals surface area contributed by atoms with Crippen molar-refractivity contribution in [2.75, 3.05) is 45.2 Å². The molecule has 1 amide bonds. The SMILES string of the molecule is COC(=O)CC1CCN(Cc2cc(Cl)nc(Oc3cnc(N4CCC(N(C)C(=O)OC(C)(C)C)C(C)C4)nc3)c2)CC1. The Morgan fingerprint density at radius 1 is 1.10 bits per heavy atom. The third kappa shape index (κ3) is 8.91. The largest absolute Gasteiger partial charge is 0.469 e. The molecule has 2 aromatic heterocycles. The van der Waals surface area contributed by atoms with Crippen LogP contribution >= 0.6 is 11.6 Å². The first kappa shape index (κ1) is 31.7. The normalized spacial score (nSPS) is 20.2. The average molecular weight is 603 g/mol. The molecular weight excluding hydrogens is 560 g/mol. The van der Waals surface area contributed by atoms with Gasteiger partial charge in [0.2, 0.25) is 11.8 Å².